The summed E-state index contributed by atoms with van der Waals surface area (Å²) in [5, 5.41) is 1.09. The van der Waals surface area contributed by atoms with E-state index in [0.717, 1.165) is 22.0 Å². The van der Waals surface area contributed by atoms with Crippen LogP contribution in [0.3, 0.4) is 0 Å². The Bertz CT molecular complexity index is 1300. The Morgan fingerprint density at radius 2 is 1.83 bits per heavy atom. The Hall–Kier alpha value is -3.79. The van der Waals surface area contributed by atoms with Crippen molar-refractivity contribution >= 4 is 22.8 Å². The lowest BCUT2D eigenvalue weighted by atomic mass is 10.1. The lowest BCUT2D eigenvalue weighted by molar-refractivity contribution is 0.101. The zero-order valence-corrected chi connectivity index (χ0v) is 16.9. The number of Topliss-reactive ketones (excluding diaryl/α,β-unsaturated/α-hetero) is 1. The number of nitrogens with zero attached hydrogens (tertiary/aromatic N) is 1. The van der Waals surface area contributed by atoms with Crippen LogP contribution in [-0.2, 0) is 13.7 Å². The molecule has 5 rings (SSSR count). The van der Waals surface area contributed by atoms with Gasteiger partial charge in [0, 0.05) is 35.8 Å². The van der Waals surface area contributed by atoms with Crippen molar-refractivity contribution in [1.29, 1.82) is 0 Å². The largest absolute Gasteiger partial charge is 0.489 e. The standard InChI is InChI=1S/C26H21NO3/c1-17-7-9-18(10-8-17)16-29-20-11-12-22-24(14-20)30-25(26(22)28)13-19-15-27(2)23-6-4-3-5-21(19)23/h3-15H,16H2,1-2H3/b25-13-. The molecule has 0 saturated heterocycles. The van der Waals surface area contributed by atoms with Crippen molar-refractivity contribution in [3.8, 4) is 11.5 Å². The molecule has 0 radical (unpaired) electrons. The number of ether oxygens (including phenoxy) is 2. The summed E-state index contributed by atoms with van der Waals surface area (Å²) in [6, 6.07) is 21.7. The van der Waals surface area contributed by atoms with Crippen molar-refractivity contribution in [2.75, 3.05) is 0 Å². The molecule has 0 fully saturated rings. The molecule has 0 saturated carbocycles. The molecule has 4 aromatic rings. The molecule has 0 unspecified atom stereocenters. The van der Waals surface area contributed by atoms with Gasteiger partial charge in [0.05, 0.1) is 5.56 Å². The maximum Gasteiger partial charge on any atom is 0.231 e. The molecule has 0 spiro atoms. The second kappa shape index (κ2) is 7.23. The number of carbonyl (C=O) groups is 1. The summed E-state index contributed by atoms with van der Waals surface area (Å²) in [5.41, 5.74) is 4.94. The summed E-state index contributed by atoms with van der Waals surface area (Å²) < 4.78 is 13.9. The van der Waals surface area contributed by atoms with E-state index in [4.69, 9.17) is 9.47 Å². The molecule has 2 heterocycles. The Morgan fingerprint density at radius 1 is 1.03 bits per heavy atom. The van der Waals surface area contributed by atoms with Crippen molar-refractivity contribution < 1.29 is 14.3 Å². The summed E-state index contributed by atoms with van der Waals surface area (Å²) >= 11 is 0. The highest BCUT2D eigenvalue weighted by molar-refractivity contribution is 6.15. The normalized spacial score (nSPS) is 14.2. The fraction of sp³-hybridized carbons (Fsp3) is 0.115. The molecule has 30 heavy (non-hydrogen) atoms. The first kappa shape index (κ1) is 18.3. The minimum Gasteiger partial charge on any atom is -0.489 e. The number of allylic oxidation sites excluding steroid dienone is 1. The fourth-order valence-electron chi connectivity index (χ4n) is 3.74. The molecule has 3 aromatic carbocycles. The molecule has 0 amide bonds. The van der Waals surface area contributed by atoms with E-state index < -0.39 is 0 Å². The number of fused-ring (bicyclic) bond motifs is 2. The third-order valence-electron chi connectivity index (χ3n) is 5.38. The van der Waals surface area contributed by atoms with E-state index >= 15 is 0 Å². The van der Waals surface area contributed by atoms with Crippen molar-refractivity contribution in [1.82, 2.24) is 4.57 Å². The summed E-state index contributed by atoms with van der Waals surface area (Å²) in [4.78, 5) is 12.8. The van der Waals surface area contributed by atoms with E-state index in [1.807, 2.05) is 60.3 Å². The molecule has 4 nitrogen and oxygen atoms in total. The van der Waals surface area contributed by atoms with Crippen LogP contribution < -0.4 is 9.47 Å². The average Bonchev–Trinajstić information content (AvgIpc) is 3.24. The highest BCUT2D eigenvalue weighted by atomic mass is 16.5. The average molecular weight is 395 g/mol. The van der Waals surface area contributed by atoms with Crippen LogP contribution in [0.5, 0.6) is 11.5 Å². The number of hydrogen-bond donors (Lipinski definition) is 0. The number of aryl methyl sites for hydroxylation is 2. The highest BCUT2D eigenvalue weighted by Crippen LogP contribution is 2.36. The molecule has 1 aliphatic rings. The van der Waals surface area contributed by atoms with Gasteiger partial charge in [-0.15, -0.1) is 0 Å². The van der Waals surface area contributed by atoms with Crippen molar-refractivity contribution in [3.63, 3.8) is 0 Å². The number of para-hydroxylation sites is 1. The van der Waals surface area contributed by atoms with Gasteiger partial charge in [-0.1, -0.05) is 48.0 Å². The number of benzene rings is 3. The van der Waals surface area contributed by atoms with E-state index in [9.17, 15) is 4.79 Å². The minimum atomic E-state index is -0.108. The summed E-state index contributed by atoms with van der Waals surface area (Å²) in [6.45, 7) is 2.52. The zero-order valence-electron chi connectivity index (χ0n) is 16.9. The molecule has 0 bridgehead atoms. The van der Waals surface area contributed by atoms with Crippen LogP contribution in [0.15, 0.2) is 78.7 Å². The smallest absolute Gasteiger partial charge is 0.231 e. The molecule has 148 valence electrons. The first-order valence-corrected chi connectivity index (χ1v) is 9.89. The van der Waals surface area contributed by atoms with Gasteiger partial charge in [-0.2, -0.15) is 0 Å². The van der Waals surface area contributed by atoms with Crippen molar-refractivity contribution in [3.05, 3.63) is 101 Å². The molecule has 1 aromatic heterocycles. The molecule has 4 heteroatoms. The van der Waals surface area contributed by atoms with Crippen LogP contribution in [0.4, 0.5) is 0 Å². The van der Waals surface area contributed by atoms with Crippen LogP contribution in [-0.4, -0.2) is 10.4 Å². The Balaban J connectivity index is 1.39. The van der Waals surface area contributed by atoms with E-state index in [2.05, 4.69) is 25.1 Å². The second-order valence-electron chi connectivity index (χ2n) is 7.58. The van der Waals surface area contributed by atoms with Gasteiger partial charge in [-0.3, -0.25) is 4.79 Å². The number of ketones is 1. The summed E-state index contributed by atoms with van der Waals surface area (Å²) in [6.07, 6.45) is 3.82. The number of aromatic nitrogens is 1. The van der Waals surface area contributed by atoms with Gasteiger partial charge >= 0.3 is 0 Å². The maximum absolute atomic E-state index is 12.8. The molecule has 0 N–H and O–H groups in total. The second-order valence-corrected chi connectivity index (χ2v) is 7.58. The third-order valence-corrected chi connectivity index (χ3v) is 5.38. The predicted octanol–water partition coefficient (Wildman–Crippen LogP) is 5.68. The first-order valence-electron chi connectivity index (χ1n) is 9.89. The minimum absolute atomic E-state index is 0.108. The molecule has 1 aliphatic heterocycles. The lowest BCUT2D eigenvalue weighted by Gasteiger charge is -2.07. The van der Waals surface area contributed by atoms with E-state index in [-0.39, 0.29) is 5.78 Å². The van der Waals surface area contributed by atoms with Gasteiger partial charge in [-0.25, -0.2) is 0 Å². The first-order chi connectivity index (χ1) is 14.6. The van der Waals surface area contributed by atoms with Gasteiger partial charge in [0.1, 0.15) is 18.1 Å². The van der Waals surface area contributed by atoms with Gasteiger partial charge < -0.3 is 14.0 Å². The Kier molecular flexibility index (Phi) is 4.40. The van der Waals surface area contributed by atoms with Crippen LogP contribution >= 0.6 is 0 Å². The van der Waals surface area contributed by atoms with Gasteiger partial charge in [0.25, 0.3) is 0 Å². The van der Waals surface area contributed by atoms with Crippen LogP contribution in [0.2, 0.25) is 0 Å². The van der Waals surface area contributed by atoms with E-state index in [1.165, 1.54) is 5.56 Å². The fourth-order valence-corrected chi connectivity index (χ4v) is 3.74. The van der Waals surface area contributed by atoms with Crippen molar-refractivity contribution in [2.24, 2.45) is 7.05 Å². The summed E-state index contributed by atoms with van der Waals surface area (Å²) in [5.74, 6) is 1.43. The topological polar surface area (TPSA) is 40.5 Å². The lowest BCUT2D eigenvalue weighted by Crippen LogP contribution is -1.97. The molecule has 0 aliphatic carbocycles. The monoisotopic (exact) mass is 395 g/mol. The quantitative estimate of drug-likeness (QED) is 0.417. The molecular weight excluding hydrogens is 374 g/mol. The SMILES string of the molecule is Cc1ccc(COc2ccc3c(c2)O/C(=C\c2cn(C)c4ccccc24)C3=O)cc1. The number of rotatable bonds is 4. The molecule has 0 atom stereocenters. The third kappa shape index (κ3) is 3.26. The van der Waals surface area contributed by atoms with Crippen LogP contribution in [0.1, 0.15) is 27.0 Å². The molecular formula is C26H21NO3. The number of hydrogen-bond acceptors (Lipinski definition) is 3. The van der Waals surface area contributed by atoms with Gasteiger partial charge in [-0.05, 0) is 36.8 Å². The predicted molar refractivity (Wildman–Crippen MR) is 118 cm³/mol. The van der Waals surface area contributed by atoms with Crippen LogP contribution in [0, 0.1) is 6.92 Å². The zero-order chi connectivity index (χ0) is 20.7. The maximum atomic E-state index is 12.8. The van der Waals surface area contributed by atoms with Crippen LogP contribution in [0.25, 0.3) is 17.0 Å². The highest BCUT2D eigenvalue weighted by Gasteiger charge is 2.28. The Morgan fingerprint density at radius 3 is 2.67 bits per heavy atom. The summed E-state index contributed by atoms with van der Waals surface area (Å²) in [7, 11) is 1.99. The van der Waals surface area contributed by atoms with Crippen molar-refractivity contribution in [2.45, 2.75) is 13.5 Å². The van der Waals surface area contributed by atoms with E-state index in [1.54, 1.807) is 12.1 Å². The number of carbonyl (C=O) groups excluding carboxylic acids is 1. The van der Waals surface area contributed by atoms with Gasteiger partial charge in [0.15, 0.2) is 5.76 Å². The Labute approximate surface area is 175 Å². The van der Waals surface area contributed by atoms with E-state index in [0.29, 0.717) is 29.4 Å². The van der Waals surface area contributed by atoms with Gasteiger partial charge in [0.2, 0.25) is 5.78 Å².